The highest BCUT2D eigenvalue weighted by Crippen LogP contribution is 2.38. The van der Waals surface area contributed by atoms with Crippen LogP contribution in [0.2, 0.25) is 5.02 Å². The molecule has 0 bridgehead atoms. The van der Waals surface area contributed by atoms with E-state index in [0.29, 0.717) is 11.6 Å². The Bertz CT molecular complexity index is 1740. The fraction of sp³-hybridized carbons (Fsp3) is 0.167. The molecule has 0 unspecified atom stereocenters. The van der Waals surface area contributed by atoms with Crippen molar-refractivity contribution in [2.75, 3.05) is 0 Å². The Morgan fingerprint density at radius 2 is 1.14 bits per heavy atom. The van der Waals surface area contributed by atoms with Crippen LogP contribution in [0.5, 0.6) is 5.75 Å². The van der Waals surface area contributed by atoms with Gasteiger partial charge in [0.1, 0.15) is 34.6 Å². The van der Waals surface area contributed by atoms with Gasteiger partial charge in [0, 0.05) is 11.6 Å². The van der Waals surface area contributed by atoms with Crippen molar-refractivity contribution in [3.8, 4) is 39.1 Å². The largest absolute Gasteiger partial charge is 0.432 e. The number of halogens is 7. The summed E-state index contributed by atoms with van der Waals surface area (Å²) in [6.07, 6.45) is 0.0119. The maximum atomic E-state index is 15.0. The van der Waals surface area contributed by atoms with Crippen LogP contribution in [-0.4, -0.2) is 0 Å². The Morgan fingerprint density at radius 1 is 0.591 bits per heavy atom. The molecule has 44 heavy (non-hydrogen) atoms. The van der Waals surface area contributed by atoms with Crippen molar-refractivity contribution in [2.24, 2.45) is 0 Å². The molecule has 226 valence electrons. The van der Waals surface area contributed by atoms with Crippen LogP contribution in [0.1, 0.15) is 37.3 Å². The summed E-state index contributed by atoms with van der Waals surface area (Å²) >= 11 is 5.65. The van der Waals surface area contributed by atoms with Gasteiger partial charge in [0.2, 0.25) is 0 Å². The van der Waals surface area contributed by atoms with Crippen molar-refractivity contribution in [2.45, 2.75) is 38.7 Å². The number of aryl methyl sites for hydroxylation is 1. The molecule has 0 aliphatic carbocycles. The van der Waals surface area contributed by atoms with Crippen molar-refractivity contribution < 1.29 is 31.1 Å². The Balaban J connectivity index is 1.32. The van der Waals surface area contributed by atoms with Gasteiger partial charge in [-0.2, -0.15) is 8.78 Å². The lowest BCUT2D eigenvalue weighted by Gasteiger charge is -2.20. The third-order valence-corrected chi connectivity index (χ3v) is 7.63. The van der Waals surface area contributed by atoms with Gasteiger partial charge >= 0.3 is 6.11 Å². The Kier molecular flexibility index (Phi) is 9.35. The van der Waals surface area contributed by atoms with Crippen molar-refractivity contribution in [3.63, 3.8) is 0 Å². The summed E-state index contributed by atoms with van der Waals surface area (Å²) in [6, 6.07) is 23.0. The highest BCUT2D eigenvalue weighted by atomic mass is 35.5. The summed E-state index contributed by atoms with van der Waals surface area (Å²) in [4.78, 5) is 0. The number of benzene rings is 5. The molecule has 0 aromatic heterocycles. The third kappa shape index (κ3) is 6.94. The molecule has 0 fully saturated rings. The summed E-state index contributed by atoms with van der Waals surface area (Å²) in [5, 5.41) is -0.167. The summed E-state index contributed by atoms with van der Waals surface area (Å²) in [5.41, 5.74) is 2.00. The first-order valence-electron chi connectivity index (χ1n) is 14.1. The van der Waals surface area contributed by atoms with Crippen molar-refractivity contribution in [3.05, 3.63) is 136 Å². The number of hydrogen-bond donors (Lipinski definition) is 0. The molecule has 0 saturated carbocycles. The molecule has 0 heterocycles. The van der Waals surface area contributed by atoms with E-state index in [2.05, 4.69) is 23.8 Å². The zero-order chi connectivity index (χ0) is 31.4. The smallest absolute Gasteiger partial charge is 0.429 e. The summed E-state index contributed by atoms with van der Waals surface area (Å²) in [6.45, 7) is 2.16. The van der Waals surface area contributed by atoms with Crippen molar-refractivity contribution in [1.29, 1.82) is 0 Å². The molecule has 0 spiro atoms. The average molecular weight is 625 g/mol. The van der Waals surface area contributed by atoms with E-state index >= 15 is 17.6 Å². The van der Waals surface area contributed by atoms with Crippen LogP contribution in [0.4, 0.5) is 26.3 Å². The summed E-state index contributed by atoms with van der Waals surface area (Å²) < 4.78 is 93.1. The fourth-order valence-electron chi connectivity index (χ4n) is 4.97. The topological polar surface area (TPSA) is 9.23 Å². The molecular formula is C36H27ClF6O. The van der Waals surface area contributed by atoms with E-state index in [1.807, 2.05) is 12.1 Å². The fourth-order valence-corrected chi connectivity index (χ4v) is 5.09. The van der Waals surface area contributed by atoms with E-state index in [-0.39, 0.29) is 21.7 Å². The minimum atomic E-state index is -4.47. The molecule has 0 N–H and O–H groups in total. The Morgan fingerprint density at radius 3 is 1.70 bits per heavy atom. The van der Waals surface area contributed by atoms with E-state index in [9.17, 15) is 8.78 Å². The van der Waals surface area contributed by atoms with E-state index in [1.165, 1.54) is 24.1 Å². The second-order valence-electron chi connectivity index (χ2n) is 10.4. The van der Waals surface area contributed by atoms with Crippen LogP contribution in [0, 0.1) is 23.3 Å². The predicted molar refractivity (Wildman–Crippen MR) is 162 cm³/mol. The first-order valence-corrected chi connectivity index (χ1v) is 14.4. The first-order chi connectivity index (χ1) is 21.1. The van der Waals surface area contributed by atoms with Gasteiger partial charge in [-0.1, -0.05) is 86.0 Å². The first kappa shape index (κ1) is 31.2. The van der Waals surface area contributed by atoms with Gasteiger partial charge in [-0.3, -0.25) is 0 Å². The van der Waals surface area contributed by atoms with Crippen molar-refractivity contribution in [1.82, 2.24) is 0 Å². The highest BCUT2D eigenvalue weighted by molar-refractivity contribution is 6.30. The lowest BCUT2D eigenvalue weighted by molar-refractivity contribution is -0.189. The van der Waals surface area contributed by atoms with Gasteiger partial charge in [-0.15, -0.1) is 0 Å². The maximum Gasteiger partial charge on any atom is 0.432 e. The SMILES string of the molecule is CCCCCc1ccc(-c2ccc(-c3cc(F)c(C(F)(F)Oc4ccc(-c5ccc(Cl)c(F)c5)c(F)c4)c(F)c3)cc2)cc1. The molecule has 5 rings (SSSR count). The second-order valence-corrected chi connectivity index (χ2v) is 10.8. The van der Waals surface area contributed by atoms with Gasteiger partial charge in [0.05, 0.1) is 5.02 Å². The van der Waals surface area contributed by atoms with E-state index in [0.717, 1.165) is 60.7 Å². The van der Waals surface area contributed by atoms with Gasteiger partial charge in [0.15, 0.2) is 0 Å². The third-order valence-electron chi connectivity index (χ3n) is 7.32. The lowest BCUT2D eigenvalue weighted by atomic mass is 9.97. The average Bonchev–Trinajstić information content (AvgIpc) is 2.98. The van der Waals surface area contributed by atoms with Crippen molar-refractivity contribution >= 4 is 11.6 Å². The Hall–Kier alpha value is -4.23. The standard InChI is InChI=1S/C36H27ClF6O/c1-2-3-4-5-22-6-8-23(9-7-22)24-10-12-25(13-11-24)27-19-33(40)35(34(41)20-27)36(42,43)44-28-15-16-29(31(38)21-28)26-14-17-30(37)32(39)18-26/h6-21H,2-5H2,1H3. The lowest BCUT2D eigenvalue weighted by Crippen LogP contribution is -2.25. The minimum Gasteiger partial charge on any atom is -0.429 e. The number of rotatable bonds is 10. The second kappa shape index (κ2) is 13.2. The zero-order valence-electron chi connectivity index (χ0n) is 23.6. The molecule has 0 aliphatic rings. The van der Waals surface area contributed by atoms with Gasteiger partial charge in [-0.05, 0) is 82.6 Å². The van der Waals surface area contributed by atoms with Gasteiger partial charge < -0.3 is 4.74 Å². The minimum absolute atomic E-state index is 0.0583. The molecule has 8 heteroatoms. The van der Waals surface area contributed by atoms with Crippen LogP contribution >= 0.6 is 11.6 Å². The molecule has 5 aromatic carbocycles. The quantitative estimate of drug-likeness (QED) is 0.111. The summed E-state index contributed by atoms with van der Waals surface area (Å²) in [5.74, 6) is -5.53. The van der Waals surface area contributed by atoms with E-state index < -0.39 is 40.7 Å². The van der Waals surface area contributed by atoms with Crippen LogP contribution in [0.3, 0.4) is 0 Å². The molecule has 0 atom stereocenters. The maximum absolute atomic E-state index is 15.0. The van der Waals surface area contributed by atoms with E-state index in [4.69, 9.17) is 11.6 Å². The van der Waals surface area contributed by atoms with Gasteiger partial charge in [0.25, 0.3) is 0 Å². The van der Waals surface area contributed by atoms with Crippen LogP contribution < -0.4 is 4.74 Å². The molecular weight excluding hydrogens is 598 g/mol. The number of unbranched alkanes of at least 4 members (excludes halogenated alkanes) is 2. The molecule has 1 nitrogen and oxygen atoms in total. The molecule has 0 aliphatic heterocycles. The Labute approximate surface area is 256 Å². The molecule has 0 saturated heterocycles. The molecule has 0 radical (unpaired) electrons. The van der Waals surface area contributed by atoms with E-state index in [1.54, 1.807) is 24.3 Å². The van der Waals surface area contributed by atoms with Crippen LogP contribution in [0.25, 0.3) is 33.4 Å². The monoisotopic (exact) mass is 624 g/mol. The molecule has 5 aromatic rings. The normalized spacial score (nSPS) is 11.5. The molecule has 0 amide bonds. The van der Waals surface area contributed by atoms with Crippen LogP contribution in [0.15, 0.2) is 97.1 Å². The predicted octanol–water partition coefficient (Wildman–Crippen LogP) is 11.8. The number of alkyl halides is 2. The zero-order valence-corrected chi connectivity index (χ0v) is 24.4. The summed E-state index contributed by atoms with van der Waals surface area (Å²) in [7, 11) is 0. The highest BCUT2D eigenvalue weighted by Gasteiger charge is 2.41. The number of ether oxygens (including phenoxy) is 1. The van der Waals surface area contributed by atoms with Gasteiger partial charge in [-0.25, -0.2) is 17.6 Å². The van der Waals surface area contributed by atoms with Crippen LogP contribution in [-0.2, 0) is 12.5 Å². The number of hydrogen-bond acceptors (Lipinski definition) is 1.